The molecule has 2 aromatic heterocycles. The van der Waals surface area contributed by atoms with Gasteiger partial charge in [0.05, 0.1) is 12.0 Å². The lowest BCUT2D eigenvalue weighted by atomic mass is 10.0. The number of benzene rings is 1. The van der Waals surface area contributed by atoms with Gasteiger partial charge in [-0.15, -0.1) is 0 Å². The van der Waals surface area contributed by atoms with E-state index < -0.39 is 0 Å². The van der Waals surface area contributed by atoms with Crippen LogP contribution in [0.2, 0.25) is 0 Å². The SMILES string of the molecule is COCCN1CCC(n2cc(-c3cccc(O)c3)c3c(N)ncnc32)CC1. The van der Waals surface area contributed by atoms with Crippen LogP contribution in [0.4, 0.5) is 5.82 Å². The molecule has 1 aliphatic heterocycles. The molecule has 7 nitrogen and oxygen atoms in total. The topological polar surface area (TPSA) is 89.4 Å². The number of likely N-dealkylation sites (tertiary alicyclic amines) is 1. The Hall–Kier alpha value is -2.64. The highest BCUT2D eigenvalue weighted by Gasteiger charge is 2.24. The van der Waals surface area contributed by atoms with Gasteiger partial charge in [-0.2, -0.15) is 0 Å². The average Bonchev–Trinajstić information content (AvgIpc) is 3.08. The minimum absolute atomic E-state index is 0.232. The van der Waals surface area contributed by atoms with Crippen LogP contribution in [-0.4, -0.2) is 57.9 Å². The van der Waals surface area contributed by atoms with Crippen LogP contribution in [0.25, 0.3) is 22.2 Å². The van der Waals surface area contributed by atoms with E-state index in [2.05, 4.69) is 25.6 Å². The van der Waals surface area contributed by atoms with Gasteiger partial charge in [0.25, 0.3) is 0 Å². The van der Waals surface area contributed by atoms with Gasteiger partial charge in [-0.1, -0.05) is 12.1 Å². The molecule has 1 saturated heterocycles. The molecular weight excluding hydrogens is 342 g/mol. The summed E-state index contributed by atoms with van der Waals surface area (Å²) in [6.07, 6.45) is 5.74. The Morgan fingerprint density at radius 1 is 1.26 bits per heavy atom. The van der Waals surface area contributed by atoms with Gasteiger partial charge < -0.3 is 25.0 Å². The highest BCUT2D eigenvalue weighted by atomic mass is 16.5. The van der Waals surface area contributed by atoms with Crippen molar-refractivity contribution in [3.63, 3.8) is 0 Å². The molecule has 3 N–H and O–H groups in total. The molecule has 1 aromatic carbocycles. The first-order valence-electron chi connectivity index (χ1n) is 9.29. The summed E-state index contributed by atoms with van der Waals surface area (Å²) in [7, 11) is 1.74. The average molecular weight is 367 g/mol. The smallest absolute Gasteiger partial charge is 0.146 e. The number of methoxy groups -OCH3 is 1. The fourth-order valence-corrected chi connectivity index (χ4v) is 3.92. The van der Waals surface area contributed by atoms with Crippen molar-refractivity contribution in [2.24, 2.45) is 0 Å². The van der Waals surface area contributed by atoms with Crippen molar-refractivity contribution in [1.82, 2.24) is 19.4 Å². The first-order chi connectivity index (χ1) is 13.2. The van der Waals surface area contributed by atoms with E-state index in [0.717, 1.165) is 61.2 Å². The van der Waals surface area contributed by atoms with Gasteiger partial charge in [0.1, 0.15) is 23.5 Å². The molecule has 3 heterocycles. The Morgan fingerprint density at radius 2 is 2.07 bits per heavy atom. The summed E-state index contributed by atoms with van der Waals surface area (Å²) in [6.45, 7) is 3.81. The van der Waals surface area contributed by atoms with Crippen molar-refractivity contribution < 1.29 is 9.84 Å². The van der Waals surface area contributed by atoms with Crippen molar-refractivity contribution in [2.45, 2.75) is 18.9 Å². The van der Waals surface area contributed by atoms with Crippen LogP contribution in [0, 0.1) is 0 Å². The summed E-state index contributed by atoms with van der Waals surface area (Å²) in [5.74, 6) is 0.699. The Balaban J connectivity index is 1.69. The van der Waals surface area contributed by atoms with Crippen LogP contribution in [0.3, 0.4) is 0 Å². The molecule has 7 heteroatoms. The Kier molecular flexibility index (Phi) is 4.96. The first-order valence-corrected chi connectivity index (χ1v) is 9.29. The number of aromatic nitrogens is 3. The van der Waals surface area contributed by atoms with Crippen molar-refractivity contribution >= 4 is 16.9 Å². The molecule has 0 atom stereocenters. The predicted octanol–water partition coefficient (Wildman–Crippen LogP) is 2.67. The Bertz CT molecular complexity index is 931. The van der Waals surface area contributed by atoms with Gasteiger partial charge in [0.15, 0.2) is 0 Å². The number of nitrogens with two attached hydrogens (primary N) is 1. The number of hydrogen-bond acceptors (Lipinski definition) is 6. The molecule has 0 saturated carbocycles. The molecule has 0 amide bonds. The molecule has 1 fully saturated rings. The second kappa shape index (κ2) is 7.54. The molecule has 27 heavy (non-hydrogen) atoms. The van der Waals surface area contributed by atoms with Gasteiger partial charge in [0, 0.05) is 44.5 Å². The third kappa shape index (κ3) is 3.48. The van der Waals surface area contributed by atoms with Crippen LogP contribution >= 0.6 is 0 Å². The van der Waals surface area contributed by atoms with Crippen LogP contribution in [0.5, 0.6) is 5.75 Å². The highest BCUT2D eigenvalue weighted by molar-refractivity contribution is 6.00. The molecular formula is C20H25N5O2. The summed E-state index contributed by atoms with van der Waals surface area (Å²) in [4.78, 5) is 11.2. The van der Waals surface area contributed by atoms with Gasteiger partial charge in [0.2, 0.25) is 0 Å². The molecule has 0 aliphatic carbocycles. The third-order valence-electron chi connectivity index (χ3n) is 5.36. The van der Waals surface area contributed by atoms with Gasteiger partial charge >= 0.3 is 0 Å². The quantitative estimate of drug-likeness (QED) is 0.721. The number of piperidine rings is 1. The van der Waals surface area contributed by atoms with Crippen molar-refractivity contribution in [3.8, 4) is 16.9 Å². The first kappa shape index (κ1) is 17.8. The van der Waals surface area contributed by atoms with Gasteiger partial charge in [-0.25, -0.2) is 9.97 Å². The molecule has 142 valence electrons. The van der Waals surface area contributed by atoms with E-state index >= 15 is 0 Å². The number of nitrogens with zero attached hydrogens (tertiary/aromatic N) is 4. The monoisotopic (exact) mass is 367 g/mol. The van der Waals surface area contributed by atoms with E-state index in [4.69, 9.17) is 10.5 Å². The third-order valence-corrected chi connectivity index (χ3v) is 5.36. The van der Waals surface area contributed by atoms with Gasteiger partial charge in [-0.05, 0) is 30.5 Å². The maximum absolute atomic E-state index is 9.89. The number of ether oxygens (including phenoxy) is 1. The lowest BCUT2D eigenvalue weighted by Gasteiger charge is -2.32. The molecule has 4 rings (SSSR count). The number of hydrogen-bond donors (Lipinski definition) is 2. The molecule has 1 aliphatic rings. The zero-order chi connectivity index (χ0) is 18.8. The standard InChI is InChI=1S/C20H25N5O2/c1-27-10-9-24-7-5-15(6-8-24)25-12-17(14-3-2-4-16(26)11-14)18-19(21)22-13-23-20(18)25/h2-4,11-13,15,26H,5-10H2,1H3,(H2,21,22,23). The van der Waals surface area contributed by atoms with Crippen LogP contribution in [0.15, 0.2) is 36.8 Å². The summed E-state index contributed by atoms with van der Waals surface area (Å²) in [5, 5.41) is 10.7. The molecule has 0 radical (unpaired) electrons. The fourth-order valence-electron chi connectivity index (χ4n) is 3.92. The van der Waals surface area contributed by atoms with Crippen molar-refractivity contribution in [3.05, 3.63) is 36.8 Å². The normalized spacial score (nSPS) is 16.2. The van der Waals surface area contributed by atoms with Crippen LogP contribution in [0.1, 0.15) is 18.9 Å². The highest BCUT2D eigenvalue weighted by Crippen LogP contribution is 2.37. The number of nitrogen functional groups attached to an aromatic ring is 1. The molecule has 3 aromatic rings. The van der Waals surface area contributed by atoms with E-state index in [1.54, 1.807) is 19.2 Å². The Labute approximate surface area is 158 Å². The minimum Gasteiger partial charge on any atom is -0.508 e. The lowest BCUT2D eigenvalue weighted by Crippen LogP contribution is -2.36. The second-order valence-electron chi connectivity index (χ2n) is 7.02. The summed E-state index contributed by atoms with van der Waals surface area (Å²) >= 11 is 0. The minimum atomic E-state index is 0.232. The summed E-state index contributed by atoms with van der Waals surface area (Å²) in [5.41, 5.74) is 8.93. The van der Waals surface area contributed by atoms with E-state index in [1.807, 2.05) is 12.1 Å². The summed E-state index contributed by atoms with van der Waals surface area (Å²) in [6, 6.07) is 7.59. The van der Waals surface area contributed by atoms with E-state index in [-0.39, 0.29) is 5.75 Å². The van der Waals surface area contributed by atoms with E-state index in [0.29, 0.717) is 11.9 Å². The number of rotatable bonds is 5. The largest absolute Gasteiger partial charge is 0.508 e. The fraction of sp³-hybridized carbons (Fsp3) is 0.400. The molecule has 0 unspecified atom stereocenters. The van der Waals surface area contributed by atoms with Gasteiger partial charge in [-0.3, -0.25) is 0 Å². The molecule has 0 bridgehead atoms. The van der Waals surface area contributed by atoms with Crippen LogP contribution < -0.4 is 5.73 Å². The number of aromatic hydroxyl groups is 1. The van der Waals surface area contributed by atoms with Crippen LogP contribution in [-0.2, 0) is 4.74 Å². The lowest BCUT2D eigenvalue weighted by molar-refractivity contribution is 0.122. The van der Waals surface area contributed by atoms with Crippen molar-refractivity contribution in [1.29, 1.82) is 0 Å². The number of fused-ring (bicyclic) bond motifs is 1. The zero-order valence-electron chi connectivity index (χ0n) is 15.5. The zero-order valence-corrected chi connectivity index (χ0v) is 15.5. The second-order valence-corrected chi connectivity index (χ2v) is 7.02. The number of phenols is 1. The maximum atomic E-state index is 9.89. The van der Waals surface area contributed by atoms with E-state index in [1.165, 1.54) is 6.33 Å². The maximum Gasteiger partial charge on any atom is 0.146 e. The predicted molar refractivity (Wildman–Crippen MR) is 106 cm³/mol. The van der Waals surface area contributed by atoms with Crippen molar-refractivity contribution in [2.75, 3.05) is 39.1 Å². The molecule has 0 spiro atoms. The number of phenolic OH excluding ortho intramolecular Hbond substituents is 1. The van der Waals surface area contributed by atoms with E-state index in [9.17, 15) is 5.11 Å². The summed E-state index contributed by atoms with van der Waals surface area (Å²) < 4.78 is 7.43. The number of anilines is 1. The Morgan fingerprint density at radius 3 is 2.81 bits per heavy atom.